The number of phenolic OH excluding ortho intramolecular Hbond substituents is 1. The summed E-state index contributed by atoms with van der Waals surface area (Å²) in [7, 11) is 0. The van der Waals surface area contributed by atoms with Crippen molar-refractivity contribution in [2.24, 2.45) is 0 Å². The van der Waals surface area contributed by atoms with Gasteiger partial charge in [0.25, 0.3) is 0 Å². The Morgan fingerprint density at radius 2 is 2.05 bits per heavy atom. The average Bonchev–Trinajstić information content (AvgIpc) is 2.44. The number of halogens is 1. The fourth-order valence-electron chi connectivity index (χ4n) is 2.21. The van der Waals surface area contributed by atoms with Crippen LogP contribution in [-0.2, 0) is 6.54 Å². The molecule has 100 valence electrons. The molecule has 3 rings (SSSR count). The maximum Gasteiger partial charge on any atom is 0.127 e. The first-order valence-electron chi connectivity index (χ1n) is 6.27. The van der Waals surface area contributed by atoms with Gasteiger partial charge in [0.15, 0.2) is 0 Å². The van der Waals surface area contributed by atoms with Gasteiger partial charge < -0.3 is 10.4 Å². The van der Waals surface area contributed by atoms with E-state index in [2.05, 4.69) is 10.3 Å². The quantitative estimate of drug-likeness (QED) is 0.761. The Morgan fingerprint density at radius 3 is 2.90 bits per heavy atom. The maximum absolute atomic E-state index is 13.2. The van der Waals surface area contributed by atoms with Crippen LogP contribution in [0.4, 0.5) is 10.1 Å². The maximum atomic E-state index is 13.2. The summed E-state index contributed by atoms with van der Waals surface area (Å²) in [6.07, 6.45) is 3.54. The first-order chi connectivity index (χ1) is 9.72. The summed E-state index contributed by atoms with van der Waals surface area (Å²) >= 11 is 0. The van der Waals surface area contributed by atoms with Crippen molar-refractivity contribution >= 4 is 16.5 Å². The van der Waals surface area contributed by atoms with E-state index in [1.165, 1.54) is 6.07 Å². The molecule has 0 aliphatic carbocycles. The summed E-state index contributed by atoms with van der Waals surface area (Å²) in [4.78, 5) is 4.09. The van der Waals surface area contributed by atoms with Crippen molar-refractivity contribution in [1.82, 2.24) is 4.98 Å². The number of aromatic nitrogens is 1. The molecule has 0 amide bonds. The predicted molar refractivity (Wildman–Crippen MR) is 77.1 cm³/mol. The Balaban J connectivity index is 1.87. The van der Waals surface area contributed by atoms with Crippen molar-refractivity contribution < 1.29 is 9.50 Å². The number of benzene rings is 2. The smallest absolute Gasteiger partial charge is 0.127 e. The Bertz CT molecular complexity index is 733. The van der Waals surface area contributed by atoms with Crippen LogP contribution in [0.2, 0.25) is 0 Å². The van der Waals surface area contributed by atoms with Gasteiger partial charge in [-0.25, -0.2) is 4.39 Å². The molecule has 3 aromatic rings. The molecule has 4 heteroatoms. The molecule has 0 saturated heterocycles. The van der Waals surface area contributed by atoms with E-state index >= 15 is 0 Å². The summed E-state index contributed by atoms with van der Waals surface area (Å²) in [5.74, 6) is -0.507. The first kappa shape index (κ1) is 12.4. The second-order valence-corrected chi connectivity index (χ2v) is 4.57. The average molecular weight is 268 g/mol. The number of phenols is 1. The highest BCUT2D eigenvalue weighted by atomic mass is 19.1. The van der Waals surface area contributed by atoms with Crippen LogP contribution in [0, 0.1) is 5.82 Å². The van der Waals surface area contributed by atoms with E-state index in [9.17, 15) is 9.50 Å². The molecule has 0 fully saturated rings. The molecule has 0 saturated carbocycles. The molecule has 3 nitrogen and oxygen atoms in total. The van der Waals surface area contributed by atoms with Crippen LogP contribution in [0.25, 0.3) is 10.8 Å². The van der Waals surface area contributed by atoms with Crippen LogP contribution >= 0.6 is 0 Å². The number of aromatic hydroxyl groups is 1. The molecule has 1 heterocycles. The predicted octanol–water partition coefficient (Wildman–Crippen LogP) is 3.69. The highest BCUT2D eigenvalue weighted by Crippen LogP contribution is 2.23. The van der Waals surface area contributed by atoms with E-state index in [1.54, 1.807) is 18.5 Å². The fraction of sp³-hybridized carbons (Fsp3) is 0.0625. The van der Waals surface area contributed by atoms with Crippen molar-refractivity contribution in [2.75, 3.05) is 5.32 Å². The SMILES string of the molecule is Oc1cc(F)cc(CNc2cccc3cnccc23)c1. The number of pyridine rings is 1. The molecular formula is C16H13FN2O. The van der Waals surface area contributed by atoms with Gasteiger partial charge in [-0.2, -0.15) is 0 Å². The van der Waals surface area contributed by atoms with E-state index in [-0.39, 0.29) is 5.75 Å². The van der Waals surface area contributed by atoms with Gasteiger partial charge >= 0.3 is 0 Å². The Labute approximate surface area is 115 Å². The van der Waals surface area contributed by atoms with Crippen molar-refractivity contribution in [3.05, 3.63) is 66.2 Å². The summed E-state index contributed by atoms with van der Waals surface area (Å²) in [6, 6.07) is 11.9. The van der Waals surface area contributed by atoms with E-state index in [0.29, 0.717) is 12.1 Å². The molecule has 1 aromatic heterocycles. The lowest BCUT2D eigenvalue weighted by Gasteiger charge is -2.10. The molecule has 20 heavy (non-hydrogen) atoms. The van der Waals surface area contributed by atoms with Crippen molar-refractivity contribution in [3.8, 4) is 5.75 Å². The number of nitrogens with one attached hydrogen (secondary N) is 1. The summed E-state index contributed by atoms with van der Waals surface area (Å²) < 4.78 is 13.2. The Morgan fingerprint density at radius 1 is 1.15 bits per heavy atom. The Kier molecular flexibility index (Phi) is 3.21. The Hall–Kier alpha value is -2.62. The zero-order valence-corrected chi connectivity index (χ0v) is 10.7. The van der Waals surface area contributed by atoms with E-state index < -0.39 is 5.82 Å². The van der Waals surface area contributed by atoms with Gasteiger partial charge in [-0.3, -0.25) is 4.98 Å². The molecule has 2 N–H and O–H groups in total. The number of hydrogen-bond donors (Lipinski definition) is 2. The van der Waals surface area contributed by atoms with E-state index in [4.69, 9.17) is 0 Å². The molecule has 0 bridgehead atoms. The van der Waals surface area contributed by atoms with E-state index in [0.717, 1.165) is 22.5 Å². The van der Waals surface area contributed by atoms with Crippen LogP contribution in [0.3, 0.4) is 0 Å². The number of anilines is 1. The first-order valence-corrected chi connectivity index (χ1v) is 6.27. The second kappa shape index (κ2) is 5.17. The second-order valence-electron chi connectivity index (χ2n) is 4.57. The number of nitrogens with zero attached hydrogens (tertiary/aromatic N) is 1. The summed E-state index contributed by atoms with van der Waals surface area (Å²) in [5, 5.41) is 14.7. The van der Waals surface area contributed by atoms with Gasteiger partial charge in [-0.05, 0) is 29.8 Å². The van der Waals surface area contributed by atoms with Crippen molar-refractivity contribution in [2.45, 2.75) is 6.54 Å². The lowest BCUT2D eigenvalue weighted by molar-refractivity contribution is 0.468. The van der Waals surface area contributed by atoms with Crippen LogP contribution < -0.4 is 5.32 Å². The standard InChI is InChI=1S/C16H13FN2O/c17-13-6-11(7-14(20)8-13)9-19-16-3-1-2-12-10-18-5-4-15(12)16/h1-8,10,19-20H,9H2. The number of rotatable bonds is 3. The third kappa shape index (κ3) is 2.54. The summed E-state index contributed by atoms with van der Waals surface area (Å²) in [6.45, 7) is 0.437. The minimum absolute atomic E-state index is 0.0658. The lowest BCUT2D eigenvalue weighted by atomic mass is 10.1. The van der Waals surface area contributed by atoms with Crippen LogP contribution in [0.5, 0.6) is 5.75 Å². The molecule has 2 aromatic carbocycles. The zero-order valence-electron chi connectivity index (χ0n) is 10.7. The fourth-order valence-corrected chi connectivity index (χ4v) is 2.21. The topological polar surface area (TPSA) is 45.1 Å². The normalized spacial score (nSPS) is 10.7. The molecule has 0 atom stereocenters. The molecule has 0 spiro atoms. The lowest BCUT2D eigenvalue weighted by Crippen LogP contribution is -2.00. The third-order valence-corrected chi connectivity index (χ3v) is 3.11. The highest BCUT2D eigenvalue weighted by Gasteiger charge is 2.02. The molecular weight excluding hydrogens is 255 g/mol. The minimum atomic E-state index is -0.441. The van der Waals surface area contributed by atoms with Crippen LogP contribution in [0.15, 0.2) is 54.9 Å². The van der Waals surface area contributed by atoms with Crippen molar-refractivity contribution in [3.63, 3.8) is 0 Å². The van der Waals surface area contributed by atoms with Gasteiger partial charge in [0.05, 0.1) is 0 Å². The largest absolute Gasteiger partial charge is 0.508 e. The number of hydrogen-bond acceptors (Lipinski definition) is 3. The van der Waals surface area contributed by atoms with Gasteiger partial charge in [0, 0.05) is 41.5 Å². The van der Waals surface area contributed by atoms with Gasteiger partial charge in [0.2, 0.25) is 0 Å². The zero-order chi connectivity index (χ0) is 13.9. The van der Waals surface area contributed by atoms with Gasteiger partial charge in [0.1, 0.15) is 11.6 Å². The van der Waals surface area contributed by atoms with Gasteiger partial charge in [-0.15, -0.1) is 0 Å². The van der Waals surface area contributed by atoms with Crippen LogP contribution in [-0.4, -0.2) is 10.1 Å². The molecule has 0 aliphatic heterocycles. The highest BCUT2D eigenvalue weighted by molar-refractivity contribution is 5.93. The monoisotopic (exact) mass is 268 g/mol. The van der Waals surface area contributed by atoms with Crippen LogP contribution in [0.1, 0.15) is 5.56 Å². The minimum Gasteiger partial charge on any atom is -0.508 e. The summed E-state index contributed by atoms with van der Waals surface area (Å²) in [5.41, 5.74) is 1.64. The molecule has 0 aliphatic rings. The van der Waals surface area contributed by atoms with Gasteiger partial charge in [-0.1, -0.05) is 12.1 Å². The number of fused-ring (bicyclic) bond motifs is 1. The third-order valence-electron chi connectivity index (χ3n) is 3.11. The molecule has 0 radical (unpaired) electrons. The van der Waals surface area contributed by atoms with Crippen molar-refractivity contribution in [1.29, 1.82) is 0 Å². The van der Waals surface area contributed by atoms with E-state index in [1.807, 2.05) is 24.3 Å². The molecule has 0 unspecified atom stereocenters.